The Labute approximate surface area is 237 Å². The number of amides is 2. The molecule has 0 saturated heterocycles. The molecule has 0 spiro atoms. The summed E-state index contributed by atoms with van der Waals surface area (Å²) < 4.78 is 32.4. The molecule has 2 aromatic carbocycles. The van der Waals surface area contributed by atoms with Gasteiger partial charge in [-0.1, -0.05) is 41.0 Å². The van der Waals surface area contributed by atoms with Gasteiger partial charge in [-0.25, -0.2) is 4.39 Å². The van der Waals surface area contributed by atoms with E-state index in [1.807, 2.05) is 24.3 Å². The molecule has 5 aromatic rings. The van der Waals surface area contributed by atoms with E-state index in [0.29, 0.717) is 35.1 Å². The predicted octanol–water partition coefficient (Wildman–Crippen LogP) is 4.92. The molecule has 41 heavy (non-hydrogen) atoms. The largest absolute Gasteiger partial charge is 0.479 e. The predicted molar refractivity (Wildman–Crippen MR) is 145 cm³/mol. The number of para-hydroxylation sites is 1. The second-order valence-electron chi connectivity index (χ2n) is 9.82. The highest BCUT2D eigenvalue weighted by Crippen LogP contribution is 2.40. The van der Waals surface area contributed by atoms with Crippen LogP contribution in [0, 0.1) is 12.7 Å². The van der Waals surface area contributed by atoms with Crippen molar-refractivity contribution in [3.8, 4) is 23.1 Å². The lowest BCUT2D eigenvalue weighted by Gasteiger charge is -2.21. The Morgan fingerprint density at radius 1 is 1.15 bits per heavy atom. The second-order valence-corrected chi connectivity index (χ2v) is 10.2. The van der Waals surface area contributed by atoms with Crippen LogP contribution in [0.15, 0.2) is 57.6 Å². The van der Waals surface area contributed by atoms with E-state index in [4.69, 9.17) is 25.4 Å². The maximum Gasteiger partial charge on any atom is 0.290 e. The van der Waals surface area contributed by atoms with Crippen molar-refractivity contribution in [3.05, 3.63) is 76.6 Å². The Hall–Kier alpha value is -4.71. The lowest BCUT2D eigenvalue weighted by molar-refractivity contribution is -0.124. The van der Waals surface area contributed by atoms with Crippen LogP contribution in [0.4, 0.5) is 4.39 Å². The molecule has 1 aliphatic rings. The van der Waals surface area contributed by atoms with Crippen LogP contribution in [-0.4, -0.2) is 44.3 Å². The number of benzene rings is 2. The summed E-state index contributed by atoms with van der Waals surface area (Å²) in [7, 11) is 1.39. The average molecular weight is 579 g/mol. The van der Waals surface area contributed by atoms with Gasteiger partial charge >= 0.3 is 0 Å². The molecule has 3 heterocycles. The van der Waals surface area contributed by atoms with Crippen molar-refractivity contribution in [2.45, 2.75) is 38.3 Å². The highest BCUT2D eigenvalue weighted by molar-refractivity contribution is 6.38. The topological polar surface area (TPSA) is 137 Å². The molecule has 13 heteroatoms. The number of nitrogens with zero attached hydrogens (tertiary/aromatic N) is 4. The van der Waals surface area contributed by atoms with Crippen molar-refractivity contribution in [2.75, 3.05) is 7.11 Å². The Kier molecular flexibility index (Phi) is 6.49. The zero-order valence-corrected chi connectivity index (χ0v) is 23.0. The minimum absolute atomic E-state index is 0.0800. The van der Waals surface area contributed by atoms with E-state index < -0.39 is 29.2 Å². The fraction of sp³-hybridized carbons (Fsp3) is 0.250. The van der Waals surface area contributed by atoms with E-state index in [-0.39, 0.29) is 23.0 Å². The minimum atomic E-state index is -1.11. The van der Waals surface area contributed by atoms with Crippen LogP contribution in [0.1, 0.15) is 47.8 Å². The van der Waals surface area contributed by atoms with Crippen LogP contribution in [0.3, 0.4) is 0 Å². The van der Waals surface area contributed by atoms with Crippen LogP contribution >= 0.6 is 11.6 Å². The number of nitrogens with one attached hydrogen (secondary N) is 2. The third kappa shape index (κ3) is 4.69. The quantitative estimate of drug-likeness (QED) is 0.265. The zero-order valence-electron chi connectivity index (χ0n) is 22.2. The van der Waals surface area contributed by atoms with Crippen molar-refractivity contribution >= 4 is 34.3 Å². The first-order valence-electron chi connectivity index (χ1n) is 12.7. The molecule has 11 nitrogen and oxygen atoms in total. The molecule has 3 aromatic heterocycles. The second kappa shape index (κ2) is 10.0. The molecule has 1 aliphatic carbocycles. The van der Waals surface area contributed by atoms with Gasteiger partial charge in [0.1, 0.15) is 17.1 Å². The summed E-state index contributed by atoms with van der Waals surface area (Å²) in [5.41, 5.74) is 0.843. The van der Waals surface area contributed by atoms with Gasteiger partial charge in [-0.3, -0.25) is 9.59 Å². The number of hydrogen-bond acceptors (Lipinski definition) is 8. The zero-order chi connectivity index (χ0) is 28.9. The van der Waals surface area contributed by atoms with Crippen LogP contribution in [0.2, 0.25) is 5.02 Å². The number of aromatic nitrogens is 4. The minimum Gasteiger partial charge on any atom is -0.479 e. The van der Waals surface area contributed by atoms with E-state index >= 15 is 4.39 Å². The monoisotopic (exact) mass is 578 g/mol. The van der Waals surface area contributed by atoms with Gasteiger partial charge in [-0.05, 0) is 43.1 Å². The molecule has 1 fully saturated rings. The molecule has 0 radical (unpaired) electrons. The van der Waals surface area contributed by atoms with Crippen LogP contribution in [0.5, 0.6) is 5.88 Å². The number of carbonyl (C=O) groups is 2. The summed E-state index contributed by atoms with van der Waals surface area (Å²) in [6.45, 7) is 3.34. The third-order valence-electron chi connectivity index (χ3n) is 7.07. The van der Waals surface area contributed by atoms with E-state index in [0.717, 1.165) is 10.9 Å². The van der Waals surface area contributed by atoms with Crippen LogP contribution in [-0.2, 0) is 4.79 Å². The molecule has 1 atom stereocenters. The number of fused-ring (bicyclic) bond motifs is 1. The Bertz CT molecular complexity index is 1810. The van der Waals surface area contributed by atoms with Crippen molar-refractivity contribution in [1.29, 1.82) is 0 Å². The lowest BCUT2D eigenvalue weighted by Crippen LogP contribution is -2.49. The van der Waals surface area contributed by atoms with E-state index in [9.17, 15) is 9.59 Å². The number of halogens is 2. The smallest absolute Gasteiger partial charge is 0.290 e. The molecule has 210 valence electrons. The van der Waals surface area contributed by atoms with Crippen molar-refractivity contribution < 1.29 is 27.8 Å². The summed E-state index contributed by atoms with van der Waals surface area (Å²) in [5.74, 6) is -0.857. The van der Waals surface area contributed by atoms with Crippen LogP contribution < -0.4 is 15.4 Å². The number of methoxy groups -OCH3 is 1. The molecule has 2 amide bonds. The maximum atomic E-state index is 15.6. The Morgan fingerprint density at radius 2 is 1.93 bits per heavy atom. The fourth-order valence-electron chi connectivity index (χ4n) is 4.76. The van der Waals surface area contributed by atoms with Crippen molar-refractivity contribution in [2.24, 2.45) is 0 Å². The highest BCUT2D eigenvalue weighted by Gasteiger charge is 2.52. The average Bonchev–Trinajstić information content (AvgIpc) is 3.27. The molecule has 0 aliphatic heterocycles. The maximum absolute atomic E-state index is 15.6. The first-order valence-corrected chi connectivity index (χ1v) is 13.1. The Morgan fingerprint density at radius 3 is 2.59 bits per heavy atom. The van der Waals surface area contributed by atoms with E-state index in [1.54, 1.807) is 30.5 Å². The van der Waals surface area contributed by atoms with Gasteiger partial charge in [0.15, 0.2) is 0 Å². The van der Waals surface area contributed by atoms with Crippen molar-refractivity contribution in [1.82, 2.24) is 30.5 Å². The highest BCUT2D eigenvalue weighted by atomic mass is 35.5. The van der Waals surface area contributed by atoms with Gasteiger partial charge in [0.25, 0.3) is 11.8 Å². The number of ether oxygens (including phenoxy) is 1. The Balaban J connectivity index is 1.25. The third-order valence-corrected chi connectivity index (χ3v) is 7.45. The summed E-state index contributed by atoms with van der Waals surface area (Å²) >= 11 is 6.74. The first-order chi connectivity index (χ1) is 19.7. The van der Waals surface area contributed by atoms with Crippen molar-refractivity contribution in [3.63, 3.8) is 0 Å². The first kappa shape index (κ1) is 26.5. The molecule has 2 N–H and O–H groups in total. The van der Waals surface area contributed by atoms with Gasteiger partial charge in [-0.2, -0.15) is 4.98 Å². The van der Waals surface area contributed by atoms with Crippen LogP contribution in [0.25, 0.3) is 28.1 Å². The van der Waals surface area contributed by atoms with Gasteiger partial charge < -0.3 is 29.0 Å². The van der Waals surface area contributed by atoms with Gasteiger partial charge in [0.2, 0.25) is 23.4 Å². The molecular formula is C28H24ClFN6O5. The number of hydrogen-bond donors (Lipinski definition) is 2. The summed E-state index contributed by atoms with van der Waals surface area (Å²) in [6.07, 6.45) is 0.869. The SMILES string of the molecule is COc1cc(C(=O)NC2(C(=O)N[C@H](C)c3ccc(-n4c(-c5noc(C)n5)c(Cl)c5ccccc54)cc3F)CC2)on1. The number of rotatable bonds is 8. The van der Waals surface area contributed by atoms with E-state index in [1.165, 1.54) is 19.2 Å². The summed E-state index contributed by atoms with van der Waals surface area (Å²) in [4.78, 5) is 30.0. The van der Waals surface area contributed by atoms with Gasteiger partial charge in [0.05, 0.1) is 29.8 Å². The van der Waals surface area contributed by atoms with Gasteiger partial charge in [-0.15, -0.1) is 0 Å². The molecule has 0 unspecified atom stereocenters. The standard InChI is InChI=1S/C28H24ClFN6O5/c1-14(31-27(38)28(10-11-28)33-26(37)21-13-22(39-3)34-41-21)17-9-8-16(12-19(17)30)36-20-7-5-4-6-18(20)23(29)24(36)25-32-15(2)40-35-25/h4-9,12-14H,10-11H2,1-3H3,(H,31,38)(H,33,37)/t14-/m1/s1. The normalized spacial score (nSPS) is 14.6. The summed E-state index contributed by atoms with van der Waals surface area (Å²) in [5, 5.41) is 14.3. The molecule has 0 bridgehead atoms. The number of carbonyl (C=O) groups excluding carboxylic acids is 2. The van der Waals surface area contributed by atoms with Gasteiger partial charge in [0, 0.05) is 23.6 Å². The lowest BCUT2D eigenvalue weighted by atomic mass is 10.1. The molecule has 1 saturated carbocycles. The summed E-state index contributed by atoms with van der Waals surface area (Å²) in [6, 6.07) is 12.8. The molecule has 6 rings (SSSR count). The fourth-order valence-corrected chi connectivity index (χ4v) is 5.08. The number of aryl methyl sites for hydroxylation is 1. The molecular weight excluding hydrogens is 555 g/mol. The van der Waals surface area contributed by atoms with E-state index in [2.05, 4.69) is 25.9 Å².